The third kappa shape index (κ3) is 4.28. The highest BCUT2D eigenvalue weighted by Crippen LogP contribution is 2.40. The number of hydrogen-bond acceptors (Lipinski definition) is 3. The van der Waals surface area contributed by atoms with Crippen LogP contribution in [0.25, 0.3) is 0 Å². The summed E-state index contributed by atoms with van der Waals surface area (Å²) in [7, 11) is 1.66. The van der Waals surface area contributed by atoms with E-state index in [4.69, 9.17) is 15.3 Å². The molecule has 1 fully saturated rings. The zero-order chi connectivity index (χ0) is 16.7. The highest BCUT2D eigenvalue weighted by Gasteiger charge is 2.33. The van der Waals surface area contributed by atoms with Crippen LogP contribution in [0.5, 0.6) is 0 Å². The zero-order valence-electron chi connectivity index (χ0n) is 13.1. The van der Waals surface area contributed by atoms with E-state index in [9.17, 15) is 4.39 Å². The number of allylic oxidation sites excluding steroid dienone is 3. The molecular formula is C19H19FN2O. The van der Waals surface area contributed by atoms with E-state index in [0.29, 0.717) is 11.5 Å². The van der Waals surface area contributed by atoms with Crippen molar-refractivity contribution in [2.75, 3.05) is 7.11 Å². The lowest BCUT2D eigenvalue weighted by molar-refractivity contribution is -0.00220. The molecule has 1 aliphatic carbocycles. The monoisotopic (exact) mass is 310 g/mol. The summed E-state index contributed by atoms with van der Waals surface area (Å²) in [5.74, 6) is -0.357. The predicted octanol–water partition coefficient (Wildman–Crippen LogP) is 4.53. The fraction of sp³-hybridized carbons (Fsp3) is 0.368. The molecule has 0 radical (unpaired) electrons. The van der Waals surface area contributed by atoms with Gasteiger partial charge in [0.25, 0.3) is 0 Å². The van der Waals surface area contributed by atoms with E-state index in [1.165, 1.54) is 11.6 Å². The summed E-state index contributed by atoms with van der Waals surface area (Å²) in [5, 5.41) is 17.3. The van der Waals surface area contributed by atoms with Crippen molar-refractivity contribution in [3.63, 3.8) is 0 Å². The Bertz CT molecular complexity index is 669. The molecule has 0 amide bonds. The van der Waals surface area contributed by atoms with Crippen molar-refractivity contribution < 1.29 is 9.13 Å². The summed E-state index contributed by atoms with van der Waals surface area (Å²) in [6.07, 6.45) is 8.18. The Kier molecular flexibility index (Phi) is 5.68. The molecule has 3 nitrogen and oxygen atoms in total. The Morgan fingerprint density at radius 1 is 1.26 bits per heavy atom. The van der Waals surface area contributed by atoms with Gasteiger partial charge in [-0.25, -0.2) is 0 Å². The average molecular weight is 310 g/mol. The van der Waals surface area contributed by atoms with Crippen molar-refractivity contribution in [3.05, 3.63) is 59.4 Å². The second-order valence-electron chi connectivity index (χ2n) is 5.76. The highest BCUT2D eigenvalue weighted by atomic mass is 19.1. The van der Waals surface area contributed by atoms with Gasteiger partial charge in [-0.1, -0.05) is 24.3 Å². The Hall–Kier alpha value is -2.43. The van der Waals surface area contributed by atoms with Crippen LogP contribution < -0.4 is 0 Å². The number of halogens is 1. The standard InChI is InChI=1S/C19H19FN2O/c1-23-19(10-2-3-18(20)14-22)11-8-17(9-12-19)16-6-4-15(13-21)5-7-16/h2-7,10,17H,8-9,11-12H2,1H3. The van der Waals surface area contributed by atoms with Gasteiger partial charge < -0.3 is 4.74 Å². The molecule has 1 aliphatic rings. The number of nitrogens with zero attached hydrogens (tertiary/aromatic N) is 2. The van der Waals surface area contributed by atoms with Gasteiger partial charge in [-0.15, -0.1) is 0 Å². The number of methoxy groups -OCH3 is 1. The van der Waals surface area contributed by atoms with Crippen molar-refractivity contribution in [3.8, 4) is 12.1 Å². The SMILES string of the molecule is COC1(C=CC=C(F)C#N)CCC(c2ccc(C#N)cc2)CC1. The molecule has 1 saturated carbocycles. The van der Waals surface area contributed by atoms with Crippen molar-refractivity contribution in [1.82, 2.24) is 0 Å². The zero-order valence-corrected chi connectivity index (χ0v) is 13.1. The fourth-order valence-electron chi connectivity index (χ4n) is 3.05. The molecule has 0 unspecified atom stereocenters. The van der Waals surface area contributed by atoms with Crippen LogP contribution in [0.1, 0.15) is 42.7 Å². The molecule has 4 heteroatoms. The van der Waals surface area contributed by atoms with Crippen LogP contribution in [0.15, 0.2) is 48.3 Å². The second-order valence-corrected chi connectivity index (χ2v) is 5.76. The predicted molar refractivity (Wildman–Crippen MR) is 86.1 cm³/mol. The molecule has 0 spiro atoms. The smallest absolute Gasteiger partial charge is 0.199 e. The number of nitriles is 2. The molecule has 0 bridgehead atoms. The van der Waals surface area contributed by atoms with E-state index in [-0.39, 0.29) is 0 Å². The Balaban J connectivity index is 2.03. The normalized spacial score (nSPS) is 25.0. The lowest BCUT2D eigenvalue weighted by Crippen LogP contribution is -2.33. The maximum Gasteiger partial charge on any atom is 0.199 e. The largest absolute Gasteiger partial charge is 0.374 e. The minimum Gasteiger partial charge on any atom is -0.374 e. The first-order valence-corrected chi connectivity index (χ1v) is 7.63. The molecule has 2 rings (SSSR count). The van der Waals surface area contributed by atoms with Gasteiger partial charge in [0.1, 0.15) is 6.07 Å². The second kappa shape index (κ2) is 7.72. The molecule has 1 aromatic carbocycles. The minimum absolute atomic E-state index is 0.394. The van der Waals surface area contributed by atoms with Crippen LogP contribution in [0.4, 0.5) is 4.39 Å². The van der Waals surface area contributed by atoms with Crippen LogP contribution >= 0.6 is 0 Å². The summed E-state index contributed by atoms with van der Waals surface area (Å²) in [5.41, 5.74) is 1.52. The van der Waals surface area contributed by atoms with Crippen molar-refractivity contribution in [2.24, 2.45) is 0 Å². The molecule has 0 aliphatic heterocycles. The number of hydrogen-bond donors (Lipinski definition) is 0. The molecule has 1 aromatic rings. The van der Waals surface area contributed by atoms with Gasteiger partial charge in [-0.3, -0.25) is 0 Å². The molecule has 0 atom stereocenters. The van der Waals surface area contributed by atoms with Gasteiger partial charge in [0.2, 0.25) is 0 Å². The van der Waals surface area contributed by atoms with E-state index < -0.39 is 11.4 Å². The Labute approximate surface area is 136 Å². The number of benzene rings is 1. The molecule has 0 N–H and O–H groups in total. The molecule has 23 heavy (non-hydrogen) atoms. The van der Waals surface area contributed by atoms with E-state index in [1.807, 2.05) is 30.3 Å². The minimum atomic E-state index is -0.807. The highest BCUT2D eigenvalue weighted by molar-refractivity contribution is 5.33. The molecule has 118 valence electrons. The summed E-state index contributed by atoms with van der Waals surface area (Å²) >= 11 is 0. The van der Waals surface area contributed by atoms with E-state index in [1.54, 1.807) is 13.2 Å². The first-order valence-electron chi connectivity index (χ1n) is 7.63. The van der Waals surface area contributed by atoms with E-state index in [2.05, 4.69) is 6.07 Å². The quantitative estimate of drug-likeness (QED) is 0.606. The summed E-state index contributed by atoms with van der Waals surface area (Å²) in [6.45, 7) is 0. The maximum absolute atomic E-state index is 12.8. The topological polar surface area (TPSA) is 56.8 Å². The van der Waals surface area contributed by atoms with Crippen LogP contribution in [0, 0.1) is 22.7 Å². The van der Waals surface area contributed by atoms with Gasteiger partial charge in [-0.05, 0) is 55.4 Å². The van der Waals surface area contributed by atoms with E-state index >= 15 is 0 Å². The van der Waals surface area contributed by atoms with Crippen LogP contribution in [0.3, 0.4) is 0 Å². The van der Waals surface area contributed by atoms with Crippen molar-refractivity contribution in [2.45, 2.75) is 37.2 Å². The van der Waals surface area contributed by atoms with Gasteiger partial charge in [0.15, 0.2) is 5.83 Å². The third-order valence-electron chi connectivity index (χ3n) is 4.50. The van der Waals surface area contributed by atoms with Crippen molar-refractivity contribution in [1.29, 1.82) is 10.5 Å². The van der Waals surface area contributed by atoms with Crippen LogP contribution in [-0.4, -0.2) is 12.7 Å². The van der Waals surface area contributed by atoms with Gasteiger partial charge in [0, 0.05) is 7.11 Å². The fourth-order valence-corrected chi connectivity index (χ4v) is 3.05. The van der Waals surface area contributed by atoms with Gasteiger partial charge in [0.05, 0.1) is 17.2 Å². The number of ether oxygens (including phenoxy) is 1. The maximum atomic E-state index is 12.8. The number of rotatable bonds is 4. The molecule has 0 saturated heterocycles. The molecule has 0 aromatic heterocycles. The lowest BCUT2D eigenvalue weighted by atomic mass is 9.75. The third-order valence-corrected chi connectivity index (χ3v) is 4.50. The van der Waals surface area contributed by atoms with Gasteiger partial charge >= 0.3 is 0 Å². The first-order chi connectivity index (χ1) is 11.1. The van der Waals surface area contributed by atoms with Crippen LogP contribution in [-0.2, 0) is 4.74 Å². The average Bonchev–Trinajstić information content (AvgIpc) is 2.62. The molecule has 0 heterocycles. The van der Waals surface area contributed by atoms with Crippen molar-refractivity contribution >= 4 is 0 Å². The Morgan fingerprint density at radius 3 is 2.43 bits per heavy atom. The summed E-state index contributed by atoms with van der Waals surface area (Å²) < 4.78 is 18.5. The van der Waals surface area contributed by atoms with Crippen LogP contribution in [0.2, 0.25) is 0 Å². The first kappa shape index (κ1) is 16.9. The lowest BCUT2D eigenvalue weighted by Gasteiger charge is -2.37. The van der Waals surface area contributed by atoms with Gasteiger partial charge in [-0.2, -0.15) is 14.9 Å². The summed E-state index contributed by atoms with van der Waals surface area (Å²) in [4.78, 5) is 0. The molecular weight excluding hydrogens is 291 g/mol. The Morgan fingerprint density at radius 2 is 1.91 bits per heavy atom. The van der Waals surface area contributed by atoms with E-state index in [0.717, 1.165) is 31.8 Å². The summed E-state index contributed by atoms with van der Waals surface area (Å²) in [6, 6.07) is 11.3.